The predicted molar refractivity (Wildman–Crippen MR) is 134 cm³/mol. The quantitative estimate of drug-likeness (QED) is 0.460. The highest BCUT2D eigenvalue weighted by Crippen LogP contribution is 2.30. The number of rotatable bonds is 7. The SMILES string of the molecule is Cc1noc(C=Cc2ccccc2F)c1S(=O)(=O)N1CCC(C(=O)Nc2ccc(S(N)(=O)=O)cc2)CC1. The fraction of sp³-hybridized carbons (Fsp3) is 0.250. The monoisotopic (exact) mass is 548 g/mol. The number of anilines is 1. The third kappa shape index (κ3) is 5.96. The van der Waals surface area contributed by atoms with Crippen LogP contribution in [0.5, 0.6) is 0 Å². The van der Waals surface area contributed by atoms with Gasteiger partial charge in [-0.05, 0) is 62.2 Å². The highest BCUT2D eigenvalue weighted by molar-refractivity contribution is 7.89. The lowest BCUT2D eigenvalue weighted by Gasteiger charge is -2.30. The van der Waals surface area contributed by atoms with Crippen molar-refractivity contribution in [1.29, 1.82) is 0 Å². The van der Waals surface area contributed by atoms with Crippen molar-refractivity contribution in [2.75, 3.05) is 18.4 Å². The number of aromatic nitrogens is 1. The third-order valence-electron chi connectivity index (χ3n) is 6.03. The zero-order chi connectivity index (χ0) is 26.8. The molecule has 1 fully saturated rings. The van der Waals surface area contributed by atoms with Crippen LogP contribution in [0.1, 0.15) is 29.9 Å². The van der Waals surface area contributed by atoms with Crippen LogP contribution in [0.15, 0.2) is 62.8 Å². The fourth-order valence-electron chi connectivity index (χ4n) is 4.03. The second-order valence-corrected chi connectivity index (χ2v) is 12.0. The van der Waals surface area contributed by atoms with Crippen molar-refractivity contribution in [1.82, 2.24) is 9.46 Å². The lowest BCUT2D eigenvalue weighted by atomic mass is 9.97. The molecule has 0 saturated carbocycles. The van der Waals surface area contributed by atoms with Crippen LogP contribution in [-0.2, 0) is 24.8 Å². The number of halogens is 1. The van der Waals surface area contributed by atoms with Crippen LogP contribution in [0.3, 0.4) is 0 Å². The summed E-state index contributed by atoms with van der Waals surface area (Å²) in [4.78, 5) is 12.5. The first-order chi connectivity index (χ1) is 17.5. The van der Waals surface area contributed by atoms with E-state index in [2.05, 4.69) is 10.5 Å². The number of hydrogen-bond donors (Lipinski definition) is 2. The summed E-state index contributed by atoms with van der Waals surface area (Å²) in [5.41, 5.74) is 0.848. The van der Waals surface area contributed by atoms with Crippen molar-refractivity contribution in [2.45, 2.75) is 29.6 Å². The van der Waals surface area contributed by atoms with E-state index < -0.39 is 31.8 Å². The van der Waals surface area contributed by atoms with Crippen molar-refractivity contribution in [3.8, 4) is 0 Å². The van der Waals surface area contributed by atoms with E-state index in [1.54, 1.807) is 18.2 Å². The summed E-state index contributed by atoms with van der Waals surface area (Å²) in [5, 5.41) is 11.6. The van der Waals surface area contributed by atoms with Crippen molar-refractivity contribution in [3.05, 3.63) is 71.4 Å². The second-order valence-electron chi connectivity index (χ2n) is 8.55. The first kappa shape index (κ1) is 26.7. The summed E-state index contributed by atoms with van der Waals surface area (Å²) in [6, 6.07) is 11.5. The first-order valence-electron chi connectivity index (χ1n) is 11.3. The van der Waals surface area contributed by atoms with Crippen molar-refractivity contribution >= 4 is 43.8 Å². The topological polar surface area (TPSA) is 153 Å². The standard InChI is InChI=1S/C24H25FN4O6S2/c1-16-23(22(35-28-16)11-6-17-4-2-3-5-21(17)25)37(33,34)29-14-12-18(13-15-29)24(30)27-19-7-9-20(10-8-19)36(26,31)32/h2-11,18H,12-15H2,1H3,(H,27,30)(H2,26,31,32). The minimum atomic E-state index is -3.99. The number of hydrogen-bond acceptors (Lipinski definition) is 7. The molecule has 3 aromatic rings. The minimum absolute atomic E-state index is 0.0106. The first-order valence-corrected chi connectivity index (χ1v) is 14.3. The van der Waals surface area contributed by atoms with E-state index >= 15 is 0 Å². The molecule has 1 saturated heterocycles. The van der Waals surface area contributed by atoms with Gasteiger partial charge >= 0.3 is 0 Å². The number of piperidine rings is 1. The van der Waals surface area contributed by atoms with Crippen molar-refractivity contribution < 1.29 is 30.5 Å². The van der Waals surface area contributed by atoms with Crippen LogP contribution >= 0.6 is 0 Å². The molecule has 13 heteroatoms. The van der Waals surface area contributed by atoms with Crippen LogP contribution in [0.2, 0.25) is 0 Å². The van der Waals surface area contributed by atoms with Crippen LogP contribution in [0.25, 0.3) is 12.2 Å². The van der Waals surface area contributed by atoms with E-state index in [1.807, 2.05) is 0 Å². The zero-order valence-corrected chi connectivity index (χ0v) is 21.4. The average molecular weight is 549 g/mol. The highest BCUT2D eigenvalue weighted by Gasteiger charge is 2.36. The van der Waals surface area contributed by atoms with Crippen LogP contribution < -0.4 is 10.5 Å². The number of sulfonamides is 2. The van der Waals surface area contributed by atoms with Gasteiger partial charge in [-0.25, -0.2) is 26.4 Å². The minimum Gasteiger partial charge on any atom is -0.355 e. The maximum atomic E-state index is 13.9. The maximum absolute atomic E-state index is 13.9. The molecule has 0 radical (unpaired) electrons. The fourth-order valence-corrected chi connectivity index (χ4v) is 6.27. The Balaban J connectivity index is 1.43. The third-order valence-corrected chi connectivity index (χ3v) is 9.01. The van der Waals surface area contributed by atoms with Gasteiger partial charge in [-0.1, -0.05) is 23.4 Å². The van der Waals surface area contributed by atoms with Crippen LogP contribution in [0, 0.1) is 18.7 Å². The molecule has 1 amide bonds. The molecule has 3 N–H and O–H groups in total. The van der Waals surface area contributed by atoms with E-state index in [-0.39, 0.29) is 58.6 Å². The Morgan fingerprint density at radius 2 is 1.73 bits per heavy atom. The van der Waals surface area contributed by atoms with Crippen LogP contribution in [-0.4, -0.2) is 45.3 Å². The number of benzene rings is 2. The number of primary sulfonamides is 1. The molecule has 0 spiro atoms. The summed E-state index contributed by atoms with van der Waals surface area (Å²) in [6.45, 7) is 1.72. The van der Waals surface area contributed by atoms with E-state index in [4.69, 9.17) is 9.66 Å². The number of nitrogens with zero attached hydrogens (tertiary/aromatic N) is 2. The molecule has 0 aliphatic carbocycles. The summed E-state index contributed by atoms with van der Waals surface area (Å²) in [5.74, 6) is -1.20. The van der Waals surface area contributed by atoms with Gasteiger partial charge < -0.3 is 9.84 Å². The average Bonchev–Trinajstić information content (AvgIpc) is 3.24. The Bertz CT molecular complexity index is 1540. The summed E-state index contributed by atoms with van der Waals surface area (Å²) in [6.07, 6.45) is 3.35. The lowest BCUT2D eigenvalue weighted by molar-refractivity contribution is -0.120. The second kappa shape index (κ2) is 10.5. The molecule has 2 heterocycles. The van der Waals surface area contributed by atoms with Gasteiger partial charge in [-0.2, -0.15) is 4.31 Å². The number of nitrogens with two attached hydrogens (primary N) is 1. The van der Waals surface area contributed by atoms with Gasteiger partial charge in [0, 0.05) is 30.3 Å². The van der Waals surface area contributed by atoms with Gasteiger partial charge in [0.15, 0.2) is 10.7 Å². The summed E-state index contributed by atoms with van der Waals surface area (Å²) in [7, 11) is -7.83. The highest BCUT2D eigenvalue weighted by atomic mass is 32.2. The number of aryl methyl sites for hydroxylation is 1. The molecule has 10 nitrogen and oxygen atoms in total. The van der Waals surface area contributed by atoms with Gasteiger partial charge in [0.1, 0.15) is 11.5 Å². The zero-order valence-electron chi connectivity index (χ0n) is 19.8. The molecule has 196 valence electrons. The molecule has 2 aromatic carbocycles. The molecule has 1 aliphatic heterocycles. The Labute approximate surface area is 214 Å². The Hall–Kier alpha value is -3.39. The molecule has 37 heavy (non-hydrogen) atoms. The number of carbonyl (C=O) groups is 1. The molecule has 1 aromatic heterocycles. The molecule has 0 atom stereocenters. The van der Waals surface area contributed by atoms with Crippen molar-refractivity contribution in [3.63, 3.8) is 0 Å². The Morgan fingerprint density at radius 1 is 1.08 bits per heavy atom. The molecular formula is C24H25FN4O6S2. The normalized spacial score (nSPS) is 15.8. The largest absolute Gasteiger partial charge is 0.355 e. The predicted octanol–water partition coefficient (Wildman–Crippen LogP) is 2.98. The summed E-state index contributed by atoms with van der Waals surface area (Å²) >= 11 is 0. The lowest BCUT2D eigenvalue weighted by Crippen LogP contribution is -2.41. The van der Waals surface area contributed by atoms with Gasteiger partial charge in [-0.15, -0.1) is 0 Å². The number of nitrogens with one attached hydrogen (secondary N) is 1. The Kier molecular flexibility index (Phi) is 7.59. The van der Waals surface area contributed by atoms with E-state index in [0.717, 1.165) is 0 Å². The van der Waals surface area contributed by atoms with Crippen molar-refractivity contribution in [2.24, 2.45) is 11.1 Å². The number of amides is 1. The van der Waals surface area contributed by atoms with E-state index in [9.17, 15) is 26.0 Å². The molecule has 4 rings (SSSR count). The van der Waals surface area contributed by atoms with Gasteiger partial charge in [0.25, 0.3) is 0 Å². The van der Waals surface area contributed by atoms with E-state index in [1.165, 1.54) is 53.7 Å². The molecule has 0 bridgehead atoms. The molecule has 1 aliphatic rings. The number of carbonyl (C=O) groups excluding carboxylic acids is 1. The Morgan fingerprint density at radius 3 is 2.35 bits per heavy atom. The molecular weight excluding hydrogens is 523 g/mol. The maximum Gasteiger partial charge on any atom is 0.248 e. The molecule has 0 unspecified atom stereocenters. The van der Waals surface area contributed by atoms with Gasteiger partial charge in [0.2, 0.25) is 26.0 Å². The van der Waals surface area contributed by atoms with Gasteiger partial charge in [-0.3, -0.25) is 4.79 Å². The smallest absolute Gasteiger partial charge is 0.248 e. The van der Waals surface area contributed by atoms with Crippen LogP contribution in [0.4, 0.5) is 10.1 Å². The van der Waals surface area contributed by atoms with Gasteiger partial charge in [0.05, 0.1) is 4.90 Å². The van der Waals surface area contributed by atoms with E-state index in [0.29, 0.717) is 5.69 Å². The summed E-state index contributed by atoms with van der Waals surface area (Å²) < 4.78 is 70.0.